The minimum absolute atomic E-state index is 0.205. The summed E-state index contributed by atoms with van der Waals surface area (Å²) in [4.78, 5) is 0. The van der Waals surface area contributed by atoms with Gasteiger partial charge in [0.25, 0.3) is 0 Å². The van der Waals surface area contributed by atoms with Crippen LogP contribution < -0.4 is 0 Å². The first-order valence-corrected chi connectivity index (χ1v) is 6.73. The molecule has 21 heavy (non-hydrogen) atoms. The van der Waals surface area contributed by atoms with E-state index in [1.54, 1.807) is 6.07 Å². The van der Waals surface area contributed by atoms with Crippen LogP contribution >= 0.6 is 0 Å². The summed E-state index contributed by atoms with van der Waals surface area (Å²) in [6.07, 6.45) is -1.44. The Balaban J connectivity index is 2.06. The number of alkyl halides is 3. The van der Waals surface area contributed by atoms with Gasteiger partial charge in [-0.25, -0.2) is 4.68 Å². The summed E-state index contributed by atoms with van der Waals surface area (Å²) in [5, 5.41) is 17.1. The largest absolute Gasteiger partial charge is 0.416 e. The highest BCUT2D eigenvalue weighted by atomic mass is 19.4. The summed E-state index contributed by atoms with van der Waals surface area (Å²) in [5.41, 5.74) is 0.764. The molecule has 112 valence electrons. The molecule has 0 saturated heterocycles. The van der Waals surface area contributed by atoms with Gasteiger partial charge >= 0.3 is 6.18 Å². The van der Waals surface area contributed by atoms with Gasteiger partial charge in [0.05, 0.1) is 23.6 Å². The second-order valence-electron chi connectivity index (χ2n) is 5.17. The van der Waals surface area contributed by atoms with Crippen LogP contribution in [-0.4, -0.2) is 20.1 Å². The highest BCUT2D eigenvalue weighted by molar-refractivity contribution is 5.39. The average molecular weight is 297 g/mol. The molecule has 1 aromatic heterocycles. The number of hydrogen-bond donors (Lipinski definition) is 1. The van der Waals surface area contributed by atoms with Gasteiger partial charge in [-0.3, -0.25) is 0 Å². The molecule has 2 aromatic rings. The summed E-state index contributed by atoms with van der Waals surface area (Å²) in [6, 6.07) is 4.99. The quantitative estimate of drug-likeness (QED) is 0.947. The number of halogens is 3. The molecule has 1 aliphatic carbocycles. The third kappa shape index (κ3) is 2.53. The summed E-state index contributed by atoms with van der Waals surface area (Å²) in [7, 11) is 0. The number of benzene rings is 1. The van der Waals surface area contributed by atoms with Crippen molar-refractivity contribution >= 4 is 0 Å². The summed E-state index contributed by atoms with van der Waals surface area (Å²) >= 11 is 0. The number of rotatable bonds is 3. The lowest BCUT2D eigenvalue weighted by Crippen LogP contribution is -2.16. The average Bonchev–Trinajstić information content (AvgIpc) is 2.79. The number of aromatic nitrogens is 3. The smallest absolute Gasteiger partial charge is 0.390 e. The van der Waals surface area contributed by atoms with Crippen LogP contribution in [0.15, 0.2) is 24.3 Å². The molecular formula is C14H14F3N3O. The molecule has 0 radical (unpaired) electrons. The van der Waals surface area contributed by atoms with Crippen LogP contribution in [0.5, 0.6) is 0 Å². The van der Waals surface area contributed by atoms with E-state index in [9.17, 15) is 18.3 Å². The molecule has 0 unspecified atom stereocenters. The van der Waals surface area contributed by atoms with Crippen molar-refractivity contribution in [3.05, 3.63) is 41.2 Å². The normalized spacial score (nSPS) is 16.0. The molecule has 7 heteroatoms. The number of aliphatic hydroxyl groups excluding tert-OH is 1. The first kappa shape index (κ1) is 14.1. The monoisotopic (exact) mass is 297 g/mol. The second-order valence-corrected chi connectivity index (χ2v) is 5.17. The summed E-state index contributed by atoms with van der Waals surface area (Å²) in [5.74, 6) is 0.205. The van der Waals surface area contributed by atoms with E-state index in [0.717, 1.165) is 37.1 Å². The van der Waals surface area contributed by atoms with Gasteiger partial charge in [0.15, 0.2) is 0 Å². The molecule has 1 N–H and O–H groups in total. The molecule has 1 aliphatic rings. The van der Waals surface area contributed by atoms with E-state index in [1.165, 1.54) is 10.7 Å². The van der Waals surface area contributed by atoms with Crippen molar-refractivity contribution in [2.75, 3.05) is 0 Å². The van der Waals surface area contributed by atoms with Crippen LogP contribution in [0.25, 0.3) is 5.69 Å². The molecule has 1 saturated carbocycles. The molecule has 0 bridgehead atoms. The molecule has 3 rings (SSSR count). The van der Waals surface area contributed by atoms with E-state index in [-0.39, 0.29) is 12.5 Å². The molecule has 0 aliphatic heterocycles. The molecule has 4 nitrogen and oxygen atoms in total. The van der Waals surface area contributed by atoms with Crippen LogP contribution in [-0.2, 0) is 12.8 Å². The maximum absolute atomic E-state index is 12.8. The highest BCUT2D eigenvalue weighted by Gasteiger charge is 2.32. The van der Waals surface area contributed by atoms with Crippen molar-refractivity contribution in [2.24, 2.45) is 0 Å². The lowest BCUT2D eigenvalue weighted by Gasteiger charge is -2.26. The van der Waals surface area contributed by atoms with Crippen molar-refractivity contribution in [2.45, 2.75) is 38.0 Å². The molecule has 1 aromatic carbocycles. The summed E-state index contributed by atoms with van der Waals surface area (Å²) < 4.78 is 39.8. The lowest BCUT2D eigenvalue weighted by atomic mass is 9.82. The zero-order chi connectivity index (χ0) is 15.0. The van der Waals surface area contributed by atoms with Crippen LogP contribution in [0.2, 0.25) is 0 Å². The van der Waals surface area contributed by atoms with Gasteiger partial charge in [0, 0.05) is 5.92 Å². The molecule has 0 atom stereocenters. The Bertz CT molecular complexity index is 647. The highest BCUT2D eigenvalue weighted by Crippen LogP contribution is 2.39. The summed E-state index contributed by atoms with van der Waals surface area (Å²) in [6.45, 7) is -0.259. The third-order valence-electron chi connectivity index (χ3n) is 3.84. The Morgan fingerprint density at radius 3 is 2.62 bits per heavy atom. The van der Waals surface area contributed by atoms with E-state index in [0.29, 0.717) is 11.4 Å². The van der Waals surface area contributed by atoms with Crippen molar-refractivity contribution in [3.63, 3.8) is 0 Å². The zero-order valence-electron chi connectivity index (χ0n) is 11.1. The van der Waals surface area contributed by atoms with Crippen LogP contribution in [0.4, 0.5) is 13.2 Å². The Labute approximate surface area is 119 Å². The van der Waals surface area contributed by atoms with Gasteiger partial charge < -0.3 is 5.11 Å². The fraction of sp³-hybridized carbons (Fsp3) is 0.429. The van der Waals surface area contributed by atoms with Gasteiger partial charge in [0.1, 0.15) is 5.69 Å². The Hall–Kier alpha value is -1.89. The maximum Gasteiger partial charge on any atom is 0.416 e. The van der Waals surface area contributed by atoms with Gasteiger partial charge in [0.2, 0.25) is 0 Å². The van der Waals surface area contributed by atoms with E-state index in [2.05, 4.69) is 10.3 Å². The Morgan fingerprint density at radius 2 is 2.05 bits per heavy atom. The Morgan fingerprint density at radius 1 is 1.29 bits per heavy atom. The SMILES string of the molecule is OCc1nnn(-c2cccc(C(F)(F)F)c2)c1C1CCC1. The molecular weight excluding hydrogens is 283 g/mol. The number of aliphatic hydroxyl groups is 1. The van der Waals surface area contributed by atoms with Crippen LogP contribution in [0, 0.1) is 0 Å². The fourth-order valence-corrected chi connectivity index (χ4v) is 2.53. The first-order valence-electron chi connectivity index (χ1n) is 6.73. The maximum atomic E-state index is 12.8. The van der Waals surface area contributed by atoms with Crippen molar-refractivity contribution in [1.29, 1.82) is 0 Å². The van der Waals surface area contributed by atoms with E-state index >= 15 is 0 Å². The lowest BCUT2D eigenvalue weighted by molar-refractivity contribution is -0.137. The van der Waals surface area contributed by atoms with Crippen molar-refractivity contribution in [1.82, 2.24) is 15.0 Å². The second kappa shape index (κ2) is 5.14. The topological polar surface area (TPSA) is 50.9 Å². The van der Waals surface area contributed by atoms with Crippen LogP contribution in [0.1, 0.15) is 42.1 Å². The van der Waals surface area contributed by atoms with Crippen LogP contribution in [0.3, 0.4) is 0 Å². The molecule has 0 spiro atoms. The fourth-order valence-electron chi connectivity index (χ4n) is 2.53. The minimum Gasteiger partial charge on any atom is -0.390 e. The van der Waals surface area contributed by atoms with Gasteiger partial charge in [-0.05, 0) is 31.0 Å². The Kier molecular flexibility index (Phi) is 3.44. The van der Waals surface area contributed by atoms with E-state index in [1.807, 2.05) is 0 Å². The van der Waals surface area contributed by atoms with E-state index in [4.69, 9.17) is 0 Å². The minimum atomic E-state index is -4.40. The first-order chi connectivity index (χ1) is 10.0. The van der Waals surface area contributed by atoms with Crippen molar-refractivity contribution < 1.29 is 18.3 Å². The predicted molar refractivity (Wildman–Crippen MR) is 68.9 cm³/mol. The third-order valence-corrected chi connectivity index (χ3v) is 3.84. The number of hydrogen-bond acceptors (Lipinski definition) is 3. The molecule has 1 heterocycles. The van der Waals surface area contributed by atoms with Gasteiger partial charge in [-0.2, -0.15) is 13.2 Å². The predicted octanol–water partition coefficient (Wildman–Crippen LogP) is 3.05. The van der Waals surface area contributed by atoms with Gasteiger partial charge in [-0.15, -0.1) is 5.10 Å². The van der Waals surface area contributed by atoms with Gasteiger partial charge in [-0.1, -0.05) is 17.7 Å². The number of nitrogens with zero attached hydrogens (tertiary/aromatic N) is 3. The zero-order valence-corrected chi connectivity index (χ0v) is 11.1. The van der Waals surface area contributed by atoms with E-state index < -0.39 is 11.7 Å². The molecule has 1 fully saturated rings. The standard InChI is InChI=1S/C14H14F3N3O/c15-14(16,17)10-5-2-6-11(7-10)20-13(9-3-1-4-9)12(8-21)18-19-20/h2,5-7,9,21H,1,3-4,8H2. The van der Waals surface area contributed by atoms with Crippen molar-refractivity contribution in [3.8, 4) is 5.69 Å². The molecule has 0 amide bonds.